The van der Waals surface area contributed by atoms with Gasteiger partial charge in [0.15, 0.2) is 23.1 Å². The van der Waals surface area contributed by atoms with Gasteiger partial charge in [0, 0.05) is 47.1 Å². The molecule has 1 amide bonds. The van der Waals surface area contributed by atoms with E-state index in [2.05, 4.69) is 30.9 Å². The number of rotatable bonds is 17. The van der Waals surface area contributed by atoms with E-state index >= 15 is 0 Å². The van der Waals surface area contributed by atoms with E-state index in [9.17, 15) is 10.3 Å². The predicted molar refractivity (Wildman–Crippen MR) is 190 cm³/mol. The number of nitrogens with one attached hydrogen (secondary N) is 2. The number of aliphatic hydroxyl groups is 1. The summed E-state index contributed by atoms with van der Waals surface area (Å²) in [5.74, 6) is 1.36. The van der Waals surface area contributed by atoms with Crippen LogP contribution in [0.3, 0.4) is 0 Å². The monoisotopic (exact) mass is 691 g/mol. The molecule has 2 atom stereocenters. The van der Waals surface area contributed by atoms with Gasteiger partial charge >= 0.3 is 0 Å². The molecule has 0 aromatic heterocycles. The smallest absolute Gasteiger partial charge is 0.266 e. The number of hydrogen-bond donors (Lipinski definition) is 3. The van der Waals surface area contributed by atoms with Crippen LogP contribution in [-0.2, 0) is 29.0 Å². The highest BCUT2D eigenvalue weighted by Crippen LogP contribution is 2.45. The number of hydrogen-bond acceptors (Lipinski definition) is 10. The molecule has 0 spiro atoms. The van der Waals surface area contributed by atoms with E-state index in [1.165, 1.54) is 0 Å². The molecular formula is C36H37N9O6. The van der Waals surface area contributed by atoms with Crippen LogP contribution in [-0.4, -0.2) is 49.9 Å². The minimum Gasteiger partial charge on any atom is -0.494 e. The highest BCUT2D eigenvalue weighted by molar-refractivity contribution is 6.01. The van der Waals surface area contributed by atoms with Crippen LogP contribution in [0.1, 0.15) is 40.3 Å². The van der Waals surface area contributed by atoms with Crippen LogP contribution in [0.25, 0.3) is 20.9 Å². The van der Waals surface area contributed by atoms with Crippen LogP contribution in [0.5, 0.6) is 17.2 Å². The number of amides is 1. The quantitative estimate of drug-likeness (QED) is 0.0366. The molecule has 0 aliphatic carbocycles. The van der Waals surface area contributed by atoms with E-state index in [4.69, 9.17) is 34.6 Å². The molecule has 51 heavy (non-hydrogen) atoms. The summed E-state index contributed by atoms with van der Waals surface area (Å²) in [5.41, 5.74) is 26.2. The van der Waals surface area contributed by atoms with Crippen LogP contribution in [0.15, 0.2) is 106 Å². The van der Waals surface area contributed by atoms with Gasteiger partial charge in [-0.05, 0) is 69.7 Å². The summed E-state index contributed by atoms with van der Waals surface area (Å²) >= 11 is 0. The summed E-state index contributed by atoms with van der Waals surface area (Å²) in [5, 5.41) is 16.8. The Labute approximate surface area is 294 Å². The van der Waals surface area contributed by atoms with Gasteiger partial charge in [-0.2, -0.15) is 0 Å². The Morgan fingerprint density at radius 3 is 2.43 bits per heavy atom. The van der Waals surface area contributed by atoms with Gasteiger partial charge in [-0.25, -0.2) is 10.4 Å². The first kappa shape index (κ1) is 36.1. The van der Waals surface area contributed by atoms with Crippen molar-refractivity contribution in [1.82, 2.24) is 10.9 Å². The van der Waals surface area contributed by atoms with E-state index in [-0.39, 0.29) is 32.0 Å². The summed E-state index contributed by atoms with van der Waals surface area (Å²) in [6.07, 6.45) is -0.554. The average molecular weight is 692 g/mol. The number of hydrazine groups is 1. The SMILES string of the molecule is COc1ccc(CNNC(=O)[C@@]2(Cc3ccccc3N=[N+]=[N-])N=C(c3ccc(OCCCO)cc3)O[C@H]2c2ccccc2CN=[N+]=[N-])cc1OC. The second-order valence-electron chi connectivity index (χ2n) is 11.4. The second-order valence-corrected chi connectivity index (χ2v) is 11.4. The lowest BCUT2D eigenvalue weighted by atomic mass is 9.80. The van der Waals surface area contributed by atoms with E-state index in [0.29, 0.717) is 58.2 Å². The van der Waals surface area contributed by atoms with Crippen molar-refractivity contribution in [1.29, 1.82) is 0 Å². The van der Waals surface area contributed by atoms with E-state index in [1.807, 2.05) is 12.1 Å². The van der Waals surface area contributed by atoms with Gasteiger partial charge in [-0.3, -0.25) is 10.2 Å². The minimum atomic E-state index is -1.66. The number of carbonyl (C=O) groups excluding carboxylic acids is 1. The van der Waals surface area contributed by atoms with Crippen molar-refractivity contribution in [2.24, 2.45) is 15.2 Å². The molecule has 4 aromatic rings. The molecule has 5 rings (SSSR count). The summed E-state index contributed by atoms with van der Waals surface area (Å²) in [6, 6.07) is 26.6. The molecule has 0 unspecified atom stereocenters. The molecule has 262 valence electrons. The van der Waals surface area contributed by atoms with Gasteiger partial charge in [0.2, 0.25) is 5.90 Å². The third-order valence-corrected chi connectivity index (χ3v) is 8.22. The maximum absolute atomic E-state index is 14.7. The Hall–Kier alpha value is -6.24. The summed E-state index contributed by atoms with van der Waals surface area (Å²) < 4.78 is 23.1. The molecule has 1 heterocycles. The Morgan fingerprint density at radius 1 is 0.961 bits per heavy atom. The lowest BCUT2D eigenvalue weighted by Crippen LogP contribution is -2.53. The van der Waals surface area contributed by atoms with Crippen molar-refractivity contribution in [3.8, 4) is 17.2 Å². The normalized spacial score (nSPS) is 16.1. The average Bonchev–Trinajstić information content (AvgIpc) is 3.55. The first-order valence-electron chi connectivity index (χ1n) is 16.0. The third-order valence-electron chi connectivity index (χ3n) is 8.22. The standard InChI is InChI=1S/C36H37N9O6/c1-48-31-17-12-24(20-32(31)49-2)22-39-43-35(47)36(21-26-8-4-6-11-30(26)42-45-38)33(29-10-5-3-9-27(29)23-40-44-37)51-34(41-36)25-13-15-28(16-14-25)50-19-7-18-46/h3-6,8-17,20,33,39,46H,7,18-19,21-23H2,1-2H3,(H,43,47)/t33-,36-/m0/s1. The van der Waals surface area contributed by atoms with Gasteiger partial charge in [-0.1, -0.05) is 64.8 Å². The molecule has 0 radical (unpaired) electrons. The summed E-state index contributed by atoms with van der Waals surface area (Å²) in [4.78, 5) is 25.7. The molecule has 0 saturated carbocycles. The highest BCUT2D eigenvalue weighted by atomic mass is 16.5. The summed E-state index contributed by atoms with van der Waals surface area (Å²) in [7, 11) is 3.10. The third kappa shape index (κ3) is 8.50. The molecule has 0 fully saturated rings. The first-order chi connectivity index (χ1) is 25.0. The van der Waals surface area contributed by atoms with Gasteiger partial charge in [0.1, 0.15) is 5.75 Å². The van der Waals surface area contributed by atoms with Gasteiger partial charge < -0.3 is 24.1 Å². The topological polar surface area (TPSA) is 208 Å². The molecule has 0 bridgehead atoms. The Balaban J connectivity index is 1.59. The van der Waals surface area contributed by atoms with Crippen molar-refractivity contribution in [2.45, 2.75) is 37.6 Å². The van der Waals surface area contributed by atoms with Crippen molar-refractivity contribution in [3.63, 3.8) is 0 Å². The fraction of sp³-hybridized carbons (Fsp3) is 0.278. The Kier molecular flexibility index (Phi) is 12.3. The number of nitrogens with zero attached hydrogens (tertiary/aromatic N) is 7. The molecule has 15 nitrogen and oxygen atoms in total. The molecular weight excluding hydrogens is 654 g/mol. The maximum atomic E-state index is 14.7. The van der Waals surface area contributed by atoms with E-state index in [0.717, 1.165) is 5.56 Å². The second kappa shape index (κ2) is 17.4. The molecule has 1 aliphatic rings. The van der Waals surface area contributed by atoms with Crippen molar-refractivity contribution < 1.29 is 28.8 Å². The highest BCUT2D eigenvalue weighted by Gasteiger charge is 2.54. The zero-order valence-corrected chi connectivity index (χ0v) is 28.1. The van der Waals surface area contributed by atoms with Crippen LogP contribution in [0.2, 0.25) is 0 Å². The van der Waals surface area contributed by atoms with Crippen molar-refractivity contribution >= 4 is 17.5 Å². The molecule has 0 saturated heterocycles. The zero-order chi connectivity index (χ0) is 36.1. The van der Waals surface area contributed by atoms with Crippen molar-refractivity contribution in [2.75, 3.05) is 27.4 Å². The van der Waals surface area contributed by atoms with Crippen LogP contribution >= 0.6 is 0 Å². The number of aliphatic hydroxyl groups excluding tert-OH is 1. The number of azide groups is 2. The lowest BCUT2D eigenvalue weighted by molar-refractivity contribution is -0.130. The molecule has 4 aromatic carbocycles. The largest absolute Gasteiger partial charge is 0.494 e. The number of benzene rings is 4. The first-order valence-corrected chi connectivity index (χ1v) is 16.0. The summed E-state index contributed by atoms with van der Waals surface area (Å²) in [6.45, 7) is 0.597. The maximum Gasteiger partial charge on any atom is 0.266 e. The number of ether oxygens (including phenoxy) is 4. The minimum absolute atomic E-state index is 0.00626. The number of methoxy groups -OCH3 is 2. The molecule has 3 N–H and O–H groups in total. The van der Waals surface area contributed by atoms with Gasteiger partial charge in [0.05, 0.1) is 27.4 Å². The fourth-order valence-corrected chi connectivity index (χ4v) is 5.72. The number of aliphatic imine (C=N–C) groups is 1. The Morgan fingerprint density at radius 2 is 1.71 bits per heavy atom. The van der Waals surface area contributed by atoms with Crippen LogP contribution in [0, 0.1) is 0 Å². The van der Waals surface area contributed by atoms with Crippen molar-refractivity contribution in [3.05, 3.63) is 140 Å². The fourth-order valence-electron chi connectivity index (χ4n) is 5.72. The van der Waals surface area contributed by atoms with E-state index in [1.54, 1.807) is 93.1 Å². The van der Waals surface area contributed by atoms with Crippen LogP contribution in [0.4, 0.5) is 5.69 Å². The predicted octanol–water partition coefficient (Wildman–Crippen LogP) is 6.54. The Bertz CT molecular complexity index is 1960. The van der Waals surface area contributed by atoms with Gasteiger partial charge in [-0.15, -0.1) is 0 Å². The zero-order valence-electron chi connectivity index (χ0n) is 28.1. The molecule has 15 heteroatoms. The lowest BCUT2D eigenvalue weighted by Gasteiger charge is -2.32. The van der Waals surface area contributed by atoms with Crippen LogP contribution < -0.4 is 25.1 Å². The number of carbonyl (C=O) groups is 1. The molecule has 1 aliphatic heterocycles. The van der Waals surface area contributed by atoms with E-state index < -0.39 is 17.6 Å². The van der Waals surface area contributed by atoms with Gasteiger partial charge in [0.25, 0.3) is 5.91 Å².